The van der Waals surface area contributed by atoms with Gasteiger partial charge in [-0.3, -0.25) is 14.3 Å². The van der Waals surface area contributed by atoms with Crippen LogP contribution in [0.1, 0.15) is 21.9 Å². The summed E-state index contributed by atoms with van der Waals surface area (Å²) in [5.41, 5.74) is -1.63. The molecule has 1 saturated heterocycles. The second kappa shape index (κ2) is 6.56. The van der Waals surface area contributed by atoms with E-state index in [1.54, 1.807) is 0 Å². The molecular formula is C8H11ClFN2NaO3. The third-order valence-electron chi connectivity index (χ3n) is 2.14. The first kappa shape index (κ1) is 15.9. The zero-order valence-electron chi connectivity index (χ0n) is 10.7. The predicted molar refractivity (Wildman–Crippen MR) is 47.7 cm³/mol. The monoisotopic (exact) mass is 260 g/mol. The molecule has 0 radical (unpaired) electrons. The van der Waals surface area contributed by atoms with Gasteiger partial charge in [0, 0.05) is 6.61 Å². The smallest absolute Gasteiger partial charge is 1.00 e. The van der Waals surface area contributed by atoms with Gasteiger partial charge in [-0.15, -0.1) is 0 Å². The molecule has 2 heterocycles. The van der Waals surface area contributed by atoms with Crippen molar-refractivity contribution in [2.75, 3.05) is 6.61 Å². The number of halogens is 2. The molecule has 1 aromatic rings. The molecule has 2 rings (SSSR count). The summed E-state index contributed by atoms with van der Waals surface area (Å²) in [6.45, 7) is 0.553. The first-order valence-corrected chi connectivity index (χ1v) is 4.31. The van der Waals surface area contributed by atoms with Crippen molar-refractivity contribution in [3.63, 3.8) is 0 Å². The fourth-order valence-corrected chi connectivity index (χ4v) is 1.45. The predicted octanol–water partition coefficient (Wildman–Crippen LogP) is -5.78. The number of hydrogen-bond donors (Lipinski definition) is 1. The summed E-state index contributed by atoms with van der Waals surface area (Å²) in [4.78, 5) is 23.8. The van der Waals surface area contributed by atoms with E-state index in [0.29, 0.717) is 13.0 Å². The van der Waals surface area contributed by atoms with E-state index in [9.17, 15) is 14.0 Å². The molecule has 0 saturated carbocycles. The summed E-state index contributed by atoms with van der Waals surface area (Å²) in [6.07, 6.45) is 1.93. The molecule has 86 valence electrons. The van der Waals surface area contributed by atoms with Crippen molar-refractivity contribution >= 4 is 0 Å². The fourth-order valence-electron chi connectivity index (χ4n) is 1.45. The number of H-pyrrole nitrogens is 1. The SMILES string of the molecule is O=c1[nH]c(=O)n([C@H]2CCCO2)cc1F.[Cl-].[H+].[H-].[Na+]. The Morgan fingerprint density at radius 3 is 2.88 bits per heavy atom. The topological polar surface area (TPSA) is 64.1 Å². The van der Waals surface area contributed by atoms with Crippen molar-refractivity contribution < 1.29 is 53.9 Å². The van der Waals surface area contributed by atoms with Gasteiger partial charge in [-0.2, -0.15) is 4.39 Å². The van der Waals surface area contributed by atoms with E-state index in [-0.39, 0.29) is 44.8 Å². The van der Waals surface area contributed by atoms with E-state index in [1.165, 1.54) is 0 Å². The maximum Gasteiger partial charge on any atom is 1.00 e. The Morgan fingerprint density at radius 1 is 1.62 bits per heavy atom. The van der Waals surface area contributed by atoms with Gasteiger partial charge in [-0.05, 0) is 12.8 Å². The van der Waals surface area contributed by atoms with Crippen LogP contribution < -0.4 is 53.2 Å². The number of aromatic amines is 1. The minimum Gasteiger partial charge on any atom is -1.00 e. The molecule has 16 heavy (non-hydrogen) atoms. The van der Waals surface area contributed by atoms with Gasteiger partial charge in [0.1, 0.15) is 6.23 Å². The molecule has 1 atom stereocenters. The van der Waals surface area contributed by atoms with Crippen molar-refractivity contribution in [2.24, 2.45) is 0 Å². The zero-order valence-corrected chi connectivity index (χ0v) is 11.5. The molecule has 0 spiro atoms. The second-order valence-corrected chi connectivity index (χ2v) is 3.11. The summed E-state index contributed by atoms with van der Waals surface area (Å²) in [5, 5.41) is 0. The van der Waals surface area contributed by atoms with E-state index in [2.05, 4.69) is 0 Å². The summed E-state index contributed by atoms with van der Waals surface area (Å²) in [7, 11) is 0. The molecule has 8 heteroatoms. The Morgan fingerprint density at radius 2 is 2.31 bits per heavy atom. The van der Waals surface area contributed by atoms with Crippen molar-refractivity contribution in [3.8, 4) is 0 Å². The number of ether oxygens (including phenoxy) is 1. The average Bonchev–Trinajstić information content (AvgIpc) is 2.64. The number of nitrogens with zero attached hydrogens (tertiary/aromatic N) is 1. The Kier molecular flexibility index (Phi) is 6.50. The first-order valence-electron chi connectivity index (χ1n) is 4.31. The zero-order chi connectivity index (χ0) is 10.1. The number of hydrogen-bond acceptors (Lipinski definition) is 3. The quantitative estimate of drug-likeness (QED) is 0.512. The molecule has 0 bridgehead atoms. The molecule has 1 aromatic heterocycles. The summed E-state index contributed by atoms with van der Waals surface area (Å²) in [6, 6.07) is 0. The first-order chi connectivity index (χ1) is 6.68. The molecule has 0 aromatic carbocycles. The third-order valence-corrected chi connectivity index (χ3v) is 2.14. The Balaban J connectivity index is -0.000000562. The van der Waals surface area contributed by atoms with Gasteiger partial charge >= 0.3 is 36.7 Å². The van der Waals surface area contributed by atoms with Crippen LogP contribution in [0.2, 0.25) is 0 Å². The van der Waals surface area contributed by atoms with Crippen LogP contribution in [0.3, 0.4) is 0 Å². The largest absolute Gasteiger partial charge is 1.00 e. The van der Waals surface area contributed by atoms with E-state index >= 15 is 0 Å². The molecule has 0 aliphatic carbocycles. The van der Waals surface area contributed by atoms with Gasteiger partial charge in [-0.1, -0.05) is 0 Å². The summed E-state index contributed by atoms with van der Waals surface area (Å²) < 4.78 is 19.1. The minimum absolute atomic E-state index is 0. The number of aromatic nitrogens is 2. The maximum absolute atomic E-state index is 12.9. The Labute approximate surface area is 122 Å². The van der Waals surface area contributed by atoms with Gasteiger partial charge in [0.15, 0.2) is 0 Å². The normalized spacial score (nSPS) is 18.7. The number of nitrogens with one attached hydrogen (secondary N) is 1. The van der Waals surface area contributed by atoms with Crippen LogP contribution in [-0.4, -0.2) is 16.2 Å². The van der Waals surface area contributed by atoms with E-state index in [0.717, 1.165) is 17.2 Å². The summed E-state index contributed by atoms with van der Waals surface area (Å²) >= 11 is 0. The van der Waals surface area contributed by atoms with Crippen molar-refractivity contribution in [2.45, 2.75) is 19.1 Å². The van der Waals surface area contributed by atoms with Crippen LogP contribution >= 0.6 is 0 Å². The van der Waals surface area contributed by atoms with Crippen LogP contribution in [0.25, 0.3) is 0 Å². The van der Waals surface area contributed by atoms with Crippen LogP contribution in [0.5, 0.6) is 0 Å². The molecule has 0 unspecified atom stereocenters. The van der Waals surface area contributed by atoms with E-state index in [1.807, 2.05) is 4.98 Å². The van der Waals surface area contributed by atoms with Gasteiger partial charge in [0.2, 0.25) is 5.82 Å². The van der Waals surface area contributed by atoms with Crippen LogP contribution in [0, 0.1) is 5.82 Å². The van der Waals surface area contributed by atoms with Crippen molar-refractivity contribution in [1.29, 1.82) is 0 Å². The summed E-state index contributed by atoms with van der Waals surface area (Å²) in [5.74, 6) is -0.972. The Bertz CT molecular complexity index is 464. The van der Waals surface area contributed by atoms with E-state index < -0.39 is 23.3 Å². The molecular weight excluding hydrogens is 250 g/mol. The number of rotatable bonds is 1. The maximum atomic E-state index is 12.9. The average molecular weight is 261 g/mol. The molecule has 1 aliphatic rings. The van der Waals surface area contributed by atoms with Gasteiger partial charge in [0.05, 0.1) is 6.20 Å². The van der Waals surface area contributed by atoms with Crippen LogP contribution in [0.15, 0.2) is 15.8 Å². The standard InChI is InChI=1S/C8H9FN2O3.ClH.Na.H/c9-5-4-11(6-2-1-3-14-6)8(13)10-7(5)12;;;/h4,6H,1-3H2,(H,10,12,13);1H;;/q;;+1;-1/t6-;;;/m1.../s1. The van der Waals surface area contributed by atoms with Crippen LogP contribution in [0.4, 0.5) is 4.39 Å². The molecule has 1 fully saturated rings. The second-order valence-electron chi connectivity index (χ2n) is 3.11. The van der Waals surface area contributed by atoms with Crippen molar-refractivity contribution in [3.05, 3.63) is 32.9 Å². The third kappa shape index (κ3) is 3.18. The van der Waals surface area contributed by atoms with Crippen LogP contribution in [-0.2, 0) is 4.74 Å². The molecule has 5 nitrogen and oxygen atoms in total. The fraction of sp³-hybridized carbons (Fsp3) is 0.500. The van der Waals surface area contributed by atoms with Gasteiger partial charge in [-0.25, -0.2) is 4.79 Å². The van der Waals surface area contributed by atoms with Gasteiger partial charge < -0.3 is 18.6 Å². The molecule has 0 amide bonds. The minimum atomic E-state index is -0.996. The Hall–Kier alpha value is -0.140. The van der Waals surface area contributed by atoms with Crippen molar-refractivity contribution in [1.82, 2.24) is 9.55 Å². The van der Waals surface area contributed by atoms with E-state index in [4.69, 9.17) is 4.74 Å². The molecule has 1 N–H and O–H groups in total. The van der Waals surface area contributed by atoms with Gasteiger partial charge in [0.25, 0.3) is 5.56 Å². The molecule has 1 aliphatic heterocycles.